The Labute approximate surface area is 203 Å². The van der Waals surface area contributed by atoms with Gasteiger partial charge in [0.25, 0.3) is 0 Å². The quantitative estimate of drug-likeness (QED) is 0.369. The smallest absolute Gasteiger partial charge is 0.201 e. The summed E-state index contributed by atoms with van der Waals surface area (Å²) in [5, 5.41) is 1.61. The summed E-state index contributed by atoms with van der Waals surface area (Å²) in [4.78, 5) is 2.31. The first-order valence-electron chi connectivity index (χ1n) is 11.8. The molecule has 0 saturated heterocycles. The van der Waals surface area contributed by atoms with Crippen molar-refractivity contribution >= 4 is 40.7 Å². The van der Waals surface area contributed by atoms with E-state index in [1.54, 1.807) is 0 Å². The first-order valence-corrected chi connectivity index (χ1v) is 12.6. The summed E-state index contributed by atoms with van der Waals surface area (Å²) < 4.78 is 2.31. The Balaban J connectivity index is 1.83. The highest BCUT2D eigenvalue weighted by atomic mass is 35.5. The van der Waals surface area contributed by atoms with Gasteiger partial charge in [0, 0.05) is 36.0 Å². The van der Waals surface area contributed by atoms with E-state index in [2.05, 4.69) is 91.8 Å². The molecule has 3 rings (SSSR count). The molecule has 0 saturated carbocycles. The largest absolute Gasteiger partial charge is 0.372 e. The number of rotatable bonds is 7. The summed E-state index contributed by atoms with van der Waals surface area (Å²) in [6, 6.07) is 6.39. The van der Waals surface area contributed by atoms with Crippen LogP contribution in [-0.4, -0.2) is 36.5 Å². The molecule has 0 amide bonds. The summed E-state index contributed by atoms with van der Waals surface area (Å²) in [5.74, 6) is 0. The lowest BCUT2D eigenvalue weighted by Gasteiger charge is -2.21. The number of benzene rings is 1. The molecular formula is C28H35Cl2N2+. The van der Waals surface area contributed by atoms with Crippen LogP contribution in [0, 0.1) is 0 Å². The second kappa shape index (κ2) is 11.7. The van der Waals surface area contributed by atoms with Crippen molar-refractivity contribution in [3.63, 3.8) is 0 Å². The monoisotopic (exact) mass is 469 g/mol. The van der Waals surface area contributed by atoms with Gasteiger partial charge in [-0.2, -0.15) is 0 Å². The molecule has 0 bridgehead atoms. The predicted octanol–water partition coefficient (Wildman–Crippen LogP) is 7.79. The number of hydrogen-bond donors (Lipinski definition) is 0. The van der Waals surface area contributed by atoms with E-state index in [0.29, 0.717) is 0 Å². The molecular weight excluding hydrogens is 435 g/mol. The van der Waals surface area contributed by atoms with Gasteiger partial charge in [0.2, 0.25) is 5.71 Å². The highest BCUT2D eigenvalue weighted by Crippen LogP contribution is 2.31. The fourth-order valence-corrected chi connectivity index (χ4v) is 4.80. The van der Waals surface area contributed by atoms with Crippen molar-refractivity contribution < 1.29 is 4.58 Å². The van der Waals surface area contributed by atoms with Crippen molar-refractivity contribution in [3.05, 3.63) is 80.9 Å². The minimum absolute atomic E-state index is 0.807. The van der Waals surface area contributed by atoms with Crippen molar-refractivity contribution in [1.82, 2.24) is 0 Å². The molecule has 2 aliphatic carbocycles. The Bertz CT molecular complexity index is 1010. The van der Waals surface area contributed by atoms with Crippen molar-refractivity contribution in [1.29, 1.82) is 0 Å². The van der Waals surface area contributed by atoms with Crippen molar-refractivity contribution in [2.24, 2.45) is 0 Å². The first-order chi connectivity index (χ1) is 15.5. The summed E-state index contributed by atoms with van der Waals surface area (Å²) in [7, 11) is 0. The second-order valence-electron chi connectivity index (χ2n) is 8.19. The standard InChI is InChI=1S/C28H35Cl2N2/c1-5-31(6-2)25-14-12-23(27(29)19-25)17-21-10-9-11-22(16-21)18-24-13-15-26(20-28(24)30)32(7-3)8-4/h12-20H,5-11H2,1-4H3/q+1. The Morgan fingerprint density at radius 1 is 0.938 bits per heavy atom. The van der Waals surface area contributed by atoms with Crippen LogP contribution < -0.4 is 4.90 Å². The van der Waals surface area contributed by atoms with Gasteiger partial charge in [-0.15, -0.1) is 0 Å². The minimum atomic E-state index is 0.807. The number of allylic oxidation sites excluding steroid dienone is 9. The molecule has 0 radical (unpaired) electrons. The Morgan fingerprint density at radius 3 is 2.31 bits per heavy atom. The van der Waals surface area contributed by atoms with E-state index in [4.69, 9.17) is 23.2 Å². The van der Waals surface area contributed by atoms with Gasteiger partial charge in [-0.25, -0.2) is 4.58 Å². The molecule has 0 fully saturated rings. The highest BCUT2D eigenvalue weighted by molar-refractivity contribution is 6.35. The van der Waals surface area contributed by atoms with Gasteiger partial charge in [-0.1, -0.05) is 47.5 Å². The van der Waals surface area contributed by atoms with E-state index in [0.717, 1.165) is 66.6 Å². The van der Waals surface area contributed by atoms with Crippen LogP contribution in [0.1, 0.15) is 52.5 Å². The van der Waals surface area contributed by atoms with Gasteiger partial charge in [0.05, 0.1) is 5.03 Å². The van der Waals surface area contributed by atoms with E-state index in [1.165, 1.54) is 22.5 Å². The molecule has 0 spiro atoms. The zero-order valence-electron chi connectivity index (χ0n) is 19.8. The SMILES string of the molecule is CCN(CC)c1ccc(/C=C2C=C(/C=C3\C=CC(=[N+](CC)CC)C=C3Cl)CCC/2)c(Cl)c1. The molecule has 0 N–H and O–H groups in total. The van der Waals surface area contributed by atoms with E-state index in [1.807, 2.05) is 0 Å². The third-order valence-corrected chi connectivity index (χ3v) is 6.86. The van der Waals surface area contributed by atoms with Gasteiger partial charge >= 0.3 is 0 Å². The molecule has 4 heteroatoms. The van der Waals surface area contributed by atoms with Crippen LogP contribution in [-0.2, 0) is 0 Å². The highest BCUT2D eigenvalue weighted by Gasteiger charge is 2.15. The Kier molecular flexibility index (Phi) is 9.02. The average Bonchev–Trinajstić information content (AvgIpc) is 2.79. The summed E-state index contributed by atoms with van der Waals surface area (Å²) >= 11 is 13.3. The van der Waals surface area contributed by atoms with Gasteiger partial charge < -0.3 is 4.90 Å². The number of halogens is 2. The molecule has 1 aromatic rings. The fourth-order valence-electron chi connectivity index (χ4n) is 4.34. The number of anilines is 1. The lowest BCUT2D eigenvalue weighted by atomic mass is 9.92. The zero-order valence-corrected chi connectivity index (χ0v) is 21.3. The molecule has 2 nitrogen and oxygen atoms in total. The van der Waals surface area contributed by atoms with E-state index in [-0.39, 0.29) is 0 Å². The topological polar surface area (TPSA) is 6.25 Å². The number of nitrogens with zero attached hydrogens (tertiary/aromatic N) is 2. The molecule has 0 heterocycles. The van der Waals surface area contributed by atoms with Crippen LogP contribution in [0.3, 0.4) is 0 Å². The Hall–Kier alpha value is -2.03. The molecule has 1 aromatic carbocycles. The lowest BCUT2D eigenvalue weighted by molar-refractivity contribution is -0.519. The summed E-state index contributed by atoms with van der Waals surface area (Å²) in [6.45, 7) is 12.6. The molecule has 0 atom stereocenters. The maximum atomic E-state index is 6.64. The van der Waals surface area contributed by atoms with E-state index in [9.17, 15) is 0 Å². The number of hydrogen-bond acceptors (Lipinski definition) is 1. The third kappa shape index (κ3) is 6.05. The lowest BCUT2D eigenvalue weighted by Crippen LogP contribution is -2.21. The summed E-state index contributed by atoms with van der Waals surface area (Å²) in [5.41, 5.74) is 7.15. The van der Waals surface area contributed by atoms with Crippen LogP contribution in [0.2, 0.25) is 5.02 Å². The average molecular weight is 471 g/mol. The van der Waals surface area contributed by atoms with Crippen LogP contribution in [0.15, 0.2) is 70.3 Å². The molecule has 32 heavy (non-hydrogen) atoms. The van der Waals surface area contributed by atoms with E-state index >= 15 is 0 Å². The maximum Gasteiger partial charge on any atom is 0.201 e. The van der Waals surface area contributed by atoms with Crippen LogP contribution in [0.25, 0.3) is 6.08 Å². The molecule has 0 aliphatic heterocycles. The van der Waals surface area contributed by atoms with Gasteiger partial charge in [-0.05, 0) is 87.4 Å². The van der Waals surface area contributed by atoms with E-state index < -0.39 is 0 Å². The van der Waals surface area contributed by atoms with Crippen molar-refractivity contribution in [2.45, 2.75) is 47.0 Å². The predicted molar refractivity (Wildman–Crippen MR) is 142 cm³/mol. The van der Waals surface area contributed by atoms with Gasteiger partial charge in [0.15, 0.2) is 0 Å². The minimum Gasteiger partial charge on any atom is -0.372 e. The van der Waals surface area contributed by atoms with Crippen molar-refractivity contribution in [2.75, 3.05) is 31.1 Å². The first kappa shape index (κ1) is 24.6. The second-order valence-corrected chi connectivity index (χ2v) is 9.01. The Morgan fingerprint density at radius 2 is 1.69 bits per heavy atom. The zero-order chi connectivity index (χ0) is 23.1. The molecule has 0 unspecified atom stereocenters. The fraction of sp³-hybridized carbons (Fsp3) is 0.393. The van der Waals surface area contributed by atoms with Gasteiger partial charge in [0.1, 0.15) is 13.1 Å². The van der Waals surface area contributed by atoms with Crippen molar-refractivity contribution in [3.8, 4) is 0 Å². The molecule has 2 aliphatic rings. The summed E-state index contributed by atoms with van der Waals surface area (Å²) in [6.07, 6.45) is 16.4. The van der Waals surface area contributed by atoms with Crippen LogP contribution >= 0.6 is 23.2 Å². The molecule has 0 aromatic heterocycles. The normalized spacial score (nSPS) is 18.8. The molecule has 170 valence electrons. The third-order valence-electron chi connectivity index (χ3n) is 6.21. The maximum absolute atomic E-state index is 6.64. The van der Waals surface area contributed by atoms with Crippen LogP contribution in [0.4, 0.5) is 5.69 Å². The van der Waals surface area contributed by atoms with Crippen LogP contribution in [0.5, 0.6) is 0 Å². The van der Waals surface area contributed by atoms with Gasteiger partial charge in [-0.3, -0.25) is 0 Å².